The van der Waals surface area contributed by atoms with E-state index in [1.54, 1.807) is 24.3 Å². The molecular formula is C22H28N2O4. The third-order valence-corrected chi connectivity index (χ3v) is 3.75. The van der Waals surface area contributed by atoms with E-state index in [0.29, 0.717) is 37.4 Å². The van der Waals surface area contributed by atoms with Gasteiger partial charge >= 0.3 is 6.09 Å². The van der Waals surface area contributed by atoms with Crippen LogP contribution in [-0.4, -0.2) is 25.2 Å². The molecule has 2 rings (SSSR count). The molecule has 0 radical (unpaired) electrons. The Bertz CT molecular complexity index is 790. The Labute approximate surface area is 166 Å². The van der Waals surface area contributed by atoms with Crippen molar-refractivity contribution in [3.63, 3.8) is 0 Å². The van der Waals surface area contributed by atoms with Crippen LogP contribution in [0.1, 0.15) is 32.3 Å². The summed E-state index contributed by atoms with van der Waals surface area (Å²) in [4.78, 5) is 23.8. The van der Waals surface area contributed by atoms with Crippen LogP contribution in [0.3, 0.4) is 0 Å². The highest BCUT2D eigenvalue weighted by atomic mass is 16.5. The van der Waals surface area contributed by atoms with Gasteiger partial charge in [0.1, 0.15) is 5.75 Å². The lowest BCUT2D eigenvalue weighted by Gasteiger charge is -2.11. The van der Waals surface area contributed by atoms with Crippen molar-refractivity contribution in [3.05, 3.63) is 54.1 Å². The van der Waals surface area contributed by atoms with Gasteiger partial charge in [0.25, 0.3) is 0 Å². The lowest BCUT2D eigenvalue weighted by Crippen LogP contribution is -2.17. The van der Waals surface area contributed by atoms with E-state index in [-0.39, 0.29) is 11.8 Å². The van der Waals surface area contributed by atoms with Crippen LogP contribution in [-0.2, 0) is 9.53 Å². The number of hydrogen-bond donors (Lipinski definition) is 2. The van der Waals surface area contributed by atoms with Crippen LogP contribution in [0.2, 0.25) is 0 Å². The maximum absolute atomic E-state index is 12.1. The second kappa shape index (κ2) is 11.0. The van der Waals surface area contributed by atoms with Crippen molar-refractivity contribution in [2.45, 2.75) is 33.6 Å². The summed E-state index contributed by atoms with van der Waals surface area (Å²) in [5, 5.41) is 5.48. The maximum atomic E-state index is 12.1. The highest BCUT2D eigenvalue weighted by Gasteiger charge is 2.07. The summed E-state index contributed by atoms with van der Waals surface area (Å²) in [5.41, 5.74) is 2.32. The quantitative estimate of drug-likeness (QED) is 0.597. The molecule has 6 heteroatoms. The maximum Gasteiger partial charge on any atom is 0.411 e. The van der Waals surface area contributed by atoms with E-state index in [0.717, 1.165) is 11.3 Å². The first-order valence-corrected chi connectivity index (χ1v) is 9.45. The topological polar surface area (TPSA) is 76.7 Å². The molecule has 2 aromatic carbocycles. The van der Waals surface area contributed by atoms with Crippen molar-refractivity contribution >= 4 is 23.4 Å². The van der Waals surface area contributed by atoms with Gasteiger partial charge in [0.2, 0.25) is 5.91 Å². The lowest BCUT2D eigenvalue weighted by molar-refractivity contribution is -0.116. The molecule has 0 bridgehead atoms. The fourth-order valence-electron chi connectivity index (χ4n) is 2.42. The lowest BCUT2D eigenvalue weighted by atomic mass is 10.2. The summed E-state index contributed by atoms with van der Waals surface area (Å²) < 4.78 is 10.7. The molecule has 0 heterocycles. The molecule has 150 valence electrons. The van der Waals surface area contributed by atoms with E-state index in [9.17, 15) is 9.59 Å². The number of benzene rings is 2. The third-order valence-electron chi connectivity index (χ3n) is 3.75. The largest absolute Gasteiger partial charge is 0.494 e. The number of anilines is 2. The molecule has 0 fully saturated rings. The van der Waals surface area contributed by atoms with Crippen LogP contribution in [0.5, 0.6) is 5.75 Å². The Morgan fingerprint density at radius 1 is 1.00 bits per heavy atom. The third kappa shape index (κ3) is 8.12. The van der Waals surface area contributed by atoms with Crippen LogP contribution < -0.4 is 15.4 Å². The van der Waals surface area contributed by atoms with E-state index in [2.05, 4.69) is 10.6 Å². The first kappa shape index (κ1) is 21.3. The standard InChI is InChI=1S/C22H28N2O4/c1-16(2)15-28-22(26)24-19-9-5-8-18(14-19)23-21(25)11-6-12-27-20-10-4-7-17(3)13-20/h4-5,7-10,13-14,16H,6,11-12,15H2,1-3H3,(H,23,25)(H,24,26). The van der Waals surface area contributed by atoms with Crippen molar-refractivity contribution in [3.8, 4) is 5.75 Å². The Morgan fingerprint density at radius 3 is 2.43 bits per heavy atom. The molecular weight excluding hydrogens is 356 g/mol. The van der Waals surface area contributed by atoms with Gasteiger partial charge in [0, 0.05) is 17.8 Å². The van der Waals surface area contributed by atoms with Crippen LogP contribution in [0.15, 0.2) is 48.5 Å². The van der Waals surface area contributed by atoms with Gasteiger partial charge in [-0.3, -0.25) is 10.1 Å². The molecule has 0 spiro atoms. The van der Waals surface area contributed by atoms with Gasteiger partial charge < -0.3 is 14.8 Å². The zero-order valence-corrected chi connectivity index (χ0v) is 16.7. The van der Waals surface area contributed by atoms with E-state index >= 15 is 0 Å². The van der Waals surface area contributed by atoms with Crippen molar-refractivity contribution in [1.82, 2.24) is 0 Å². The molecule has 0 saturated carbocycles. The highest BCUT2D eigenvalue weighted by Crippen LogP contribution is 2.16. The van der Waals surface area contributed by atoms with Crippen LogP contribution in [0.4, 0.5) is 16.2 Å². The van der Waals surface area contributed by atoms with Gasteiger partial charge in [0.05, 0.1) is 13.2 Å². The molecule has 2 N–H and O–H groups in total. The molecule has 2 aromatic rings. The second-order valence-electron chi connectivity index (χ2n) is 7.01. The van der Waals surface area contributed by atoms with Crippen molar-refractivity contribution in [2.24, 2.45) is 5.92 Å². The monoisotopic (exact) mass is 384 g/mol. The predicted octanol–water partition coefficient (Wildman–Crippen LogP) is 5.00. The van der Waals surface area contributed by atoms with E-state index in [1.165, 1.54) is 0 Å². The number of carbonyl (C=O) groups is 2. The summed E-state index contributed by atoms with van der Waals surface area (Å²) in [6.07, 6.45) is 0.449. The van der Waals surface area contributed by atoms with Gasteiger partial charge in [-0.15, -0.1) is 0 Å². The molecule has 0 aromatic heterocycles. The van der Waals surface area contributed by atoms with Gasteiger partial charge in [-0.25, -0.2) is 4.79 Å². The number of ether oxygens (including phenoxy) is 2. The Kier molecular flexibility index (Phi) is 8.34. The molecule has 0 unspecified atom stereocenters. The number of nitrogens with one attached hydrogen (secondary N) is 2. The molecule has 0 aliphatic heterocycles. The van der Waals surface area contributed by atoms with E-state index in [1.807, 2.05) is 45.0 Å². The fourth-order valence-corrected chi connectivity index (χ4v) is 2.42. The highest BCUT2D eigenvalue weighted by molar-refractivity contribution is 5.92. The number of carbonyl (C=O) groups excluding carboxylic acids is 2. The van der Waals surface area contributed by atoms with E-state index in [4.69, 9.17) is 9.47 Å². The minimum Gasteiger partial charge on any atom is -0.494 e. The summed E-state index contributed by atoms with van der Waals surface area (Å²) >= 11 is 0. The molecule has 0 atom stereocenters. The number of rotatable bonds is 9. The summed E-state index contributed by atoms with van der Waals surface area (Å²) in [6.45, 7) is 6.77. The zero-order valence-electron chi connectivity index (χ0n) is 16.7. The molecule has 2 amide bonds. The van der Waals surface area contributed by atoms with Crippen molar-refractivity contribution in [1.29, 1.82) is 0 Å². The van der Waals surface area contributed by atoms with Gasteiger partial charge in [-0.1, -0.05) is 32.0 Å². The smallest absolute Gasteiger partial charge is 0.411 e. The number of aryl methyl sites for hydroxylation is 1. The molecule has 6 nitrogen and oxygen atoms in total. The fraction of sp³-hybridized carbons (Fsp3) is 0.364. The average Bonchev–Trinajstić information content (AvgIpc) is 2.64. The predicted molar refractivity (Wildman–Crippen MR) is 111 cm³/mol. The molecule has 28 heavy (non-hydrogen) atoms. The minimum absolute atomic E-state index is 0.104. The Morgan fingerprint density at radius 2 is 1.71 bits per heavy atom. The van der Waals surface area contributed by atoms with Crippen molar-refractivity contribution < 1.29 is 19.1 Å². The summed E-state index contributed by atoms with van der Waals surface area (Å²) in [5.74, 6) is 0.974. The number of amides is 2. The second-order valence-corrected chi connectivity index (χ2v) is 7.01. The molecule has 0 aliphatic carbocycles. The first-order valence-electron chi connectivity index (χ1n) is 9.45. The van der Waals surface area contributed by atoms with Crippen LogP contribution in [0.25, 0.3) is 0 Å². The van der Waals surface area contributed by atoms with E-state index < -0.39 is 6.09 Å². The average molecular weight is 384 g/mol. The minimum atomic E-state index is -0.509. The molecule has 0 saturated heterocycles. The van der Waals surface area contributed by atoms with Gasteiger partial charge in [0.15, 0.2) is 0 Å². The van der Waals surface area contributed by atoms with Gasteiger partial charge in [-0.05, 0) is 55.2 Å². The van der Waals surface area contributed by atoms with Crippen LogP contribution in [0, 0.1) is 12.8 Å². The zero-order chi connectivity index (χ0) is 20.4. The summed E-state index contributed by atoms with van der Waals surface area (Å²) in [7, 11) is 0. The SMILES string of the molecule is Cc1cccc(OCCCC(=O)Nc2cccc(NC(=O)OCC(C)C)c2)c1. The van der Waals surface area contributed by atoms with Crippen LogP contribution >= 0.6 is 0 Å². The normalized spacial score (nSPS) is 10.4. The Hall–Kier alpha value is -3.02. The Balaban J connectivity index is 1.73. The first-order chi connectivity index (χ1) is 13.4. The summed E-state index contributed by atoms with van der Waals surface area (Å²) in [6, 6.07) is 14.8. The number of hydrogen-bond acceptors (Lipinski definition) is 4. The van der Waals surface area contributed by atoms with Crippen molar-refractivity contribution in [2.75, 3.05) is 23.8 Å². The molecule has 0 aliphatic rings. The van der Waals surface area contributed by atoms with Gasteiger partial charge in [-0.2, -0.15) is 0 Å².